The van der Waals surface area contributed by atoms with Crippen LogP contribution < -0.4 is 10.1 Å². The monoisotopic (exact) mass is 276 g/mol. The molecule has 0 heterocycles. The summed E-state index contributed by atoms with van der Waals surface area (Å²) in [7, 11) is 0. The van der Waals surface area contributed by atoms with Crippen LogP contribution in [0, 0.1) is 0 Å². The van der Waals surface area contributed by atoms with Crippen molar-refractivity contribution in [3.05, 3.63) is 28.2 Å². The molecule has 0 aliphatic heterocycles. The Hall–Kier alpha value is -0.440. The molecular formula is C13H20Cl2NO+. The molecule has 0 atom stereocenters. The van der Waals surface area contributed by atoms with Crippen LogP contribution in [0.2, 0.25) is 10.0 Å². The normalized spacial score (nSPS) is 11.6. The quantitative estimate of drug-likeness (QED) is 0.822. The van der Waals surface area contributed by atoms with Gasteiger partial charge in [-0.15, -0.1) is 0 Å². The van der Waals surface area contributed by atoms with Crippen molar-refractivity contribution in [2.24, 2.45) is 0 Å². The number of rotatable bonds is 5. The minimum Gasteiger partial charge on any atom is -0.492 e. The topological polar surface area (TPSA) is 25.8 Å². The lowest BCUT2D eigenvalue weighted by Crippen LogP contribution is -2.94. The molecule has 0 saturated heterocycles. The van der Waals surface area contributed by atoms with E-state index in [1.54, 1.807) is 18.2 Å². The van der Waals surface area contributed by atoms with Crippen molar-refractivity contribution in [1.82, 2.24) is 0 Å². The SMILES string of the molecule is CC(C)(C)[NH2+]CCCOc1ccc(Cl)cc1Cl. The molecule has 0 aromatic heterocycles. The Balaban J connectivity index is 2.27. The van der Waals surface area contributed by atoms with Crippen LogP contribution in [-0.2, 0) is 0 Å². The van der Waals surface area contributed by atoms with Gasteiger partial charge < -0.3 is 10.1 Å². The van der Waals surface area contributed by atoms with E-state index >= 15 is 0 Å². The van der Waals surface area contributed by atoms with E-state index in [4.69, 9.17) is 27.9 Å². The van der Waals surface area contributed by atoms with Crippen LogP contribution in [0.15, 0.2) is 18.2 Å². The van der Waals surface area contributed by atoms with Crippen molar-refractivity contribution >= 4 is 23.2 Å². The molecule has 0 saturated carbocycles. The summed E-state index contributed by atoms with van der Waals surface area (Å²) in [6.45, 7) is 8.32. The Morgan fingerprint density at radius 2 is 1.94 bits per heavy atom. The summed E-state index contributed by atoms with van der Waals surface area (Å²) in [5, 5.41) is 3.50. The molecule has 0 fully saturated rings. The summed E-state index contributed by atoms with van der Waals surface area (Å²) in [5.41, 5.74) is 0.276. The van der Waals surface area contributed by atoms with E-state index in [1.165, 1.54) is 0 Å². The van der Waals surface area contributed by atoms with E-state index in [0.717, 1.165) is 13.0 Å². The van der Waals surface area contributed by atoms with E-state index in [0.29, 0.717) is 22.4 Å². The van der Waals surface area contributed by atoms with Gasteiger partial charge in [0.05, 0.1) is 23.7 Å². The molecule has 0 aliphatic rings. The molecule has 0 amide bonds. The third kappa shape index (κ3) is 6.16. The van der Waals surface area contributed by atoms with Gasteiger partial charge in [0.1, 0.15) is 5.75 Å². The van der Waals surface area contributed by atoms with Gasteiger partial charge in [-0.3, -0.25) is 0 Å². The maximum Gasteiger partial charge on any atom is 0.137 e. The van der Waals surface area contributed by atoms with E-state index in [-0.39, 0.29) is 5.54 Å². The van der Waals surface area contributed by atoms with E-state index in [1.807, 2.05) is 0 Å². The molecule has 96 valence electrons. The van der Waals surface area contributed by atoms with Crippen molar-refractivity contribution in [2.45, 2.75) is 32.7 Å². The predicted molar refractivity (Wildman–Crippen MR) is 73.1 cm³/mol. The minimum atomic E-state index is 0.276. The highest BCUT2D eigenvalue weighted by molar-refractivity contribution is 6.35. The summed E-state index contributed by atoms with van der Waals surface area (Å²) in [6, 6.07) is 5.28. The fourth-order valence-corrected chi connectivity index (χ4v) is 1.86. The van der Waals surface area contributed by atoms with Gasteiger partial charge in [0, 0.05) is 11.4 Å². The average molecular weight is 277 g/mol. The van der Waals surface area contributed by atoms with Crippen molar-refractivity contribution in [1.29, 1.82) is 0 Å². The van der Waals surface area contributed by atoms with Crippen LogP contribution in [0.1, 0.15) is 27.2 Å². The van der Waals surface area contributed by atoms with Crippen molar-refractivity contribution in [3.8, 4) is 5.75 Å². The van der Waals surface area contributed by atoms with Gasteiger partial charge >= 0.3 is 0 Å². The Morgan fingerprint density at radius 3 is 2.53 bits per heavy atom. The first kappa shape index (κ1) is 14.6. The first-order valence-electron chi connectivity index (χ1n) is 5.81. The number of hydrogen-bond donors (Lipinski definition) is 1. The number of quaternary nitrogens is 1. The van der Waals surface area contributed by atoms with Gasteiger partial charge in [0.15, 0.2) is 0 Å². The second-order valence-electron chi connectivity index (χ2n) is 5.14. The van der Waals surface area contributed by atoms with E-state index in [2.05, 4.69) is 26.1 Å². The summed E-state index contributed by atoms with van der Waals surface area (Å²) < 4.78 is 5.60. The van der Waals surface area contributed by atoms with E-state index in [9.17, 15) is 0 Å². The largest absolute Gasteiger partial charge is 0.492 e. The highest BCUT2D eigenvalue weighted by Crippen LogP contribution is 2.27. The number of hydrogen-bond acceptors (Lipinski definition) is 1. The molecule has 2 nitrogen and oxygen atoms in total. The number of halogens is 2. The molecule has 0 unspecified atom stereocenters. The van der Waals surface area contributed by atoms with Crippen molar-refractivity contribution < 1.29 is 10.1 Å². The molecule has 0 bridgehead atoms. The lowest BCUT2D eigenvalue weighted by Gasteiger charge is -2.16. The zero-order valence-corrected chi connectivity index (χ0v) is 12.1. The molecule has 2 N–H and O–H groups in total. The Labute approximate surface area is 113 Å². The zero-order valence-electron chi connectivity index (χ0n) is 10.6. The van der Waals surface area contributed by atoms with Crippen molar-refractivity contribution in [2.75, 3.05) is 13.2 Å². The third-order valence-corrected chi connectivity index (χ3v) is 2.79. The van der Waals surface area contributed by atoms with Crippen LogP contribution in [-0.4, -0.2) is 18.7 Å². The van der Waals surface area contributed by atoms with Crippen molar-refractivity contribution in [3.63, 3.8) is 0 Å². The first-order chi connectivity index (χ1) is 7.88. The van der Waals surface area contributed by atoms with Gasteiger partial charge in [-0.25, -0.2) is 0 Å². The Morgan fingerprint density at radius 1 is 1.24 bits per heavy atom. The Bertz CT molecular complexity index is 361. The average Bonchev–Trinajstić information content (AvgIpc) is 2.18. The number of ether oxygens (including phenoxy) is 1. The van der Waals surface area contributed by atoms with Gasteiger partial charge in [-0.05, 0) is 39.0 Å². The van der Waals surface area contributed by atoms with Gasteiger partial charge in [0.25, 0.3) is 0 Å². The molecule has 1 aromatic carbocycles. The smallest absolute Gasteiger partial charge is 0.137 e. The fraction of sp³-hybridized carbons (Fsp3) is 0.538. The van der Waals surface area contributed by atoms with Gasteiger partial charge in [-0.1, -0.05) is 23.2 Å². The highest BCUT2D eigenvalue weighted by atomic mass is 35.5. The summed E-state index contributed by atoms with van der Waals surface area (Å²) in [5.74, 6) is 0.701. The summed E-state index contributed by atoms with van der Waals surface area (Å²) >= 11 is 11.8. The van der Waals surface area contributed by atoms with Crippen LogP contribution in [0.3, 0.4) is 0 Å². The second-order valence-corrected chi connectivity index (χ2v) is 5.98. The number of benzene rings is 1. The minimum absolute atomic E-state index is 0.276. The summed E-state index contributed by atoms with van der Waals surface area (Å²) in [6.07, 6.45) is 0.996. The fourth-order valence-electron chi connectivity index (χ4n) is 1.39. The summed E-state index contributed by atoms with van der Waals surface area (Å²) in [4.78, 5) is 0. The van der Waals surface area contributed by atoms with Gasteiger partial charge in [-0.2, -0.15) is 0 Å². The zero-order chi connectivity index (χ0) is 12.9. The molecule has 4 heteroatoms. The van der Waals surface area contributed by atoms with Crippen LogP contribution in [0.5, 0.6) is 5.75 Å². The standard InChI is InChI=1S/C13H19Cl2NO/c1-13(2,3)16-7-4-8-17-12-6-5-10(14)9-11(12)15/h5-6,9,16H,4,7-8H2,1-3H3/p+1. The maximum absolute atomic E-state index is 6.00. The molecular weight excluding hydrogens is 257 g/mol. The van der Waals surface area contributed by atoms with E-state index < -0.39 is 0 Å². The lowest BCUT2D eigenvalue weighted by atomic mass is 10.1. The highest BCUT2D eigenvalue weighted by Gasteiger charge is 2.11. The molecule has 1 aromatic rings. The second kappa shape index (κ2) is 6.48. The molecule has 0 radical (unpaired) electrons. The van der Waals surface area contributed by atoms with Crippen LogP contribution in [0.25, 0.3) is 0 Å². The predicted octanol–water partition coefficient (Wildman–Crippen LogP) is 3.12. The number of nitrogens with two attached hydrogens (primary N) is 1. The maximum atomic E-state index is 6.00. The lowest BCUT2D eigenvalue weighted by molar-refractivity contribution is -0.717. The molecule has 0 aliphatic carbocycles. The molecule has 0 spiro atoms. The Kier molecular flexibility index (Phi) is 5.57. The third-order valence-electron chi connectivity index (χ3n) is 2.26. The molecule has 1 rings (SSSR count). The van der Waals surface area contributed by atoms with Gasteiger partial charge in [0.2, 0.25) is 0 Å². The first-order valence-corrected chi connectivity index (χ1v) is 6.56. The molecule has 17 heavy (non-hydrogen) atoms. The van der Waals surface area contributed by atoms with Crippen LogP contribution in [0.4, 0.5) is 0 Å². The van der Waals surface area contributed by atoms with Crippen LogP contribution >= 0.6 is 23.2 Å².